The highest BCUT2D eigenvalue weighted by Crippen LogP contribution is 2.18. The molecule has 0 saturated carbocycles. The van der Waals surface area contributed by atoms with Crippen LogP contribution in [0, 0.1) is 12.8 Å². The molecule has 4 nitrogen and oxygen atoms in total. The molecule has 0 aliphatic heterocycles. The highest BCUT2D eigenvalue weighted by Gasteiger charge is 2.19. The molecule has 0 saturated heterocycles. The molecule has 0 fully saturated rings. The monoisotopic (exact) mass is 232 g/mol. The summed E-state index contributed by atoms with van der Waals surface area (Å²) < 4.78 is 1.97. The third kappa shape index (κ3) is 2.16. The van der Waals surface area contributed by atoms with Gasteiger partial charge in [-0.2, -0.15) is 0 Å². The first kappa shape index (κ1) is 11.6. The number of pyridine rings is 1. The molecule has 4 heteroatoms. The summed E-state index contributed by atoms with van der Waals surface area (Å²) in [6, 6.07) is 5.79. The fraction of sp³-hybridized carbons (Fsp3) is 0.385. The number of carboxylic acids is 1. The Morgan fingerprint density at radius 1 is 1.53 bits per heavy atom. The van der Waals surface area contributed by atoms with Crippen LogP contribution >= 0.6 is 0 Å². The van der Waals surface area contributed by atoms with E-state index in [0.29, 0.717) is 12.8 Å². The quantitative estimate of drug-likeness (QED) is 0.880. The molecule has 2 rings (SSSR count). The van der Waals surface area contributed by atoms with Crippen LogP contribution in [0.3, 0.4) is 0 Å². The summed E-state index contributed by atoms with van der Waals surface area (Å²) in [5.41, 5.74) is 2.78. The Balaban J connectivity index is 2.41. The van der Waals surface area contributed by atoms with Crippen molar-refractivity contribution in [3.05, 3.63) is 35.8 Å². The van der Waals surface area contributed by atoms with E-state index >= 15 is 0 Å². The van der Waals surface area contributed by atoms with Gasteiger partial charge in [0.15, 0.2) is 0 Å². The second kappa shape index (κ2) is 4.57. The van der Waals surface area contributed by atoms with Crippen molar-refractivity contribution < 1.29 is 9.90 Å². The maximum absolute atomic E-state index is 11.1. The van der Waals surface area contributed by atoms with E-state index in [1.165, 1.54) is 0 Å². The van der Waals surface area contributed by atoms with E-state index in [1.54, 1.807) is 0 Å². The van der Waals surface area contributed by atoms with Crippen molar-refractivity contribution in [2.45, 2.75) is 26.7 Å². The molecule has 2 aromatic rings. The van der Waals surface area contributed by atoms with E-state index in [2.05, 4.69) is 4.98 Å². The van der Waals surface area contributed by atoms with Crippen molar-refractivity contribution in [1.29, 1.82) is 0 Å². The summed E-state index contributed by atoms with van der Waals surface area (Å²) in [5, 5.41) is 9.11. The zero-order valence-corrected chi connectivity index (χ0v) is 10.1. The fourth-order valence-electron chi connectivity index (χ4n) is 2.05. The van der Waals surface area contributed by atoms with Gasteiger partial charge in [0.25, 0.3) is 0 Å². The van der Waals surface area contributed by atoms with Gasteiger partial charge in [0.1, 0.15) is 5.65 Å². The third-order valence-corrected chi connectivity index (χ3v) is 3.11. The number of carbonyl (C=O) groups is 1. The third-order valence-electron chi connectivity index (χ3n) is 3.11. The molecule has 0 radical (unpaired) electrons. The van der Waals surface area contributed by atoms with Gasteiger partial charge in [-0.1, -0.05) is 13.0 Å². The molecular formula is C13H16N2O2. The summed E-state index contributed by atoms with van der Waals surface area (Å²) in [4.78, 5) is 15.5. The second-order valence-corrected chi connectivity index (χ2v) is 4.22. The van der Waals surface area contributed by atoms with E-state index in [1.807, 2.05) is 42.6 Å². The number of fused-ring (bicyclic) bond motifs is 1. The molecule has 0 spiro atoms. The van der Waals surface area contributed by atoms with Crippen molar-refractivity contribution in [3.63, 3.8) is 0 Å². The normalized spacial score (nSPS) is 12.8. The van der Waals surface area contributed by atoms with Crippen molar-refractivity contribution in [2.24, 2.45) is 5.92 Å². The Morgan fingerprint density at radius 3 is 2.94 bits per heavy atom. The number of aryl methyl sites for hydroxylation is 1. The molecule has 90 valence electrons. The highest BCUT2D eigenvalue weighted by molar-refractivity contribution is 5.70. The first-order valence-corrected chi connectivity index (χ1v) is 5.78. The molecule has 0 aromatic carbocycles. The molecule has 0 aliphatic carbocycles. The lowest BCUT2D eigenvalue weighted by atomic mass is 10.00. The molecule has 17 heavy (non-hydrogen) atoms. The molecule has 0 bridgehead atoms. The van der Waals surface area contributed by atoms with E-state index in [9.17, 15) is 4.79 Å². The van der Waals surface area contributed by atoms with Crippen LogP contribution in [0.15, 0.2) is 24.4 Å². The topological polar surface area (TPSA) is 54.6 Å². The average molecular weight is 232 g/mol. The van der Waals surface area contributed by atoms with Gasteiger partial charge < -0.3 is 9.51 Å². The maximum Gasteiger partial charge on any atom is 0.306 e. The molecule has 1 unspecified atom stereocenters. The van der Waals surface area contributed by atoms with Crippen LogP contribution in [0.5, 0.6) is 0 Å². The average Bonchev–Trinajstić information content (AvgIpc) is 2.61. The zero-order valence-electron chi connectivity index (χ0n) is 10.1. The largest absolute Gasteiger partial charge is 0.481 e. The summed E-state index contributed by atoms with van der Waals surface area (Å²) in [6.45, 7) is 3.83. The van der Waals surface area contributed by atoms with Crippen LogP contribution in [-0.2, 0) is 11.2 Å². The van der Waals surface area contributed by atoms with Crippen LogP contribution in [0.25, 0.3) is 5.65 Å². The molecule has 1 N–H and O–H groups in total. The smallest absolute Gasteiger partial charge is 0.306 e. The molecule has 1 atom stereocenters. The number of aliphatic carboxylic acids is 1. The van der Waals surface area contributed by atoms with E-state index in [-0.39, 0.29) is 5.92 Å². The van der Waals surface area contributed by atoms with Crippen molar-refractivity contribution in [3.8, 4) is 0 Å². The van der Waals surface area contributed by atoms with Crippen LogP contribution < -0.4 is 0 Å². The van der Waals surface area contributed by atoms with E-state index in [4.69, 9.17) is 5.11 Å². The van der Waals surface area contributed by atoms with Gasteiger partial charge in [-0.15, -0.1) is 0 Å². The van der Waals surface area contributed by atoms with Crippen molar-refractivity contribution in [2.75, 3.05) is 0 Å². The molecular weight excluding hydrogens is 216 g/mol. The van der Waals surface area contributed by atoms with Crippen molar-refractivity contribution in [1.82, 2.24) is 9.38 Å². The number of rotatable bonds is 4. The van der Waals surface area contributed by atoms with Crippen molar-refractivity contribution >= 4 is 11.6 Å². The number of hydrogen-bond donors (Lipinski definition) is 1. The zero-order chi connectivity index (χ0) is 12.4. The predicted octanol–water partition coefficient (Wildman–Crippen LogP) is 2.30. The van der Waals surface area contributed by atoms with Gasteiger partial charge in [-0.3, -0.25) is 4.79 Å². The Bertz CT molecular complexity index is 545. The second-order valence-electron chi connectivity index (χ2n) is 4.22. The lowest BCUT2D eigenvalue weighted by molar-refractivity contribution is -0.141. The lowest BCUT2D eigenvalue weighted by Gasteiger charge is -2.10. The molecule has 0 aliphatic rings. The Hall–Kier alpha value is -1.84. The van der Waals surface area contributed by atoms with E-state index < -0.39 is 5.97 Å². The van der Waals surface area contributed by atoms with Gasteiger partial charge in [0.05, 0.1) is 11.6 Å². The summed E-state index contributed by atoms with van der Waals surface area (Å²) >= 11 is 0. The minimum atomic E-state index is -0.738. The number of aromatic nitrogens is 2. The van der Waals surface area contributed by atoms with Gasteiger partial charge >= 0.3 is 5.97 Å². The Morgan fingerprint density at radius 2 is 2.29 bits per heavy atom. The standard InChI is InChI=1S/C13H16N2O2/c1-3-10(13(16)17)8-11-9(2)14-12-6-4-5-7-15(11)12/h4-7,10H,3,8H2,1-2H3,(H,16,17). The number of carboxylic acid groups (broad SMARTS) is 1. The molecule has 2 aromatic heterocycles. The Kier molecular flexibility index (Phi) is 3.13. The molecule has 0 amide bonds. The first-order chi connectivity index (χ1) is 8.13. The van der Waals surface area contributed by atoms with E-state index in [0.717, 1.165) is 17.0 Å². The number of hydrogen-bond acceptors (Lipinski definition) is 2. The van der Waals surface area contributed by atoms with Crippen LogP contribution in [0.2, 0.25) is 0 Å². The maximum atomic E-state index is 11.1. The number of nitrogens with zero attached hydrogens (tertiary/aromatic N) is 2. The SMILES string of the molecule is CCC(Cc1c(C)nc2ccccn12)C(=O)O. The molecule has 2 heterocycles. The minimum absolute atomic E-state index is 0.339. The van der Waals surface area contributed by atoms with Gasteiger partial charge in [-0.25, -0.2) is 4.98 Å². The summed E-state index contributed by atoms with van der Waals surface area (Å²) in [5.74, 6) is -1.08. The van der Waals surface area contributed by atoms with Crippen LogP contribution in [0.1, 0.15) is 24.7 Å². The first-order valence-electron chi connectivity index (χ1n) is 5.78. The summed E-state index contributed by atoms with van der Waals surface area (Å²) in [7, 11) is 0. The number of imidazole rings is 1. The fourth-order valence-corrected chi connectivity index (χ4v) is 2.05. The van der Waals surface area contributed by atoms with Crippen LogP contribution in [0.4, 0.5) is 0 Å². The highest BCUT2D eigenvalue weighted by atomic mass is 16.4. The minimum Gasteiger partial charge on any atom is -0.481 e. The van der Waals surface area contributed by atoms with Gasteiger partial charge in [-0.05, 0) is 25.5 Å². The lowest BCUT2D eigenvalue weighted by Crippen LogP contribution is -2.16. The van der Waals surface area contributed by atoms with Gasteiger partial charge in [0.2, 0.25) is 0 Å². The van der Waals surface area contributed by atoms with Gasteiger partial charge in [0, 0.05) is 18.3 Å². The van der Waals surface area contributed by atoms with Crippen LogP contribution in [-0.4, -0.2) is 20.5 Å². The predicted molar refractivity (Wildman–Crippen MR) is 65.0 cm³/mol. The summed E-state index contributed by atoms with van der Waals surface area (Å²) in [6.07, 6.45) is 3.09. The Labute approximate surface area is 99.9 Å².